The van der Waals surface area contributed by atoms with E-state index in [9.17, 15) is 0 Å². The van der Waals surface area contributed by atoms with Crippen molar-refractivity contribution in [2.45, 2.75) is 5.41 Å². The zero-order valence-corrected chi connectivity index (χ0v) is 33.5. The first-order valence-corrected chi connectivity index (χ1v) is 21.1. The molecule has 0 fully saturated rings. The van der Waals surface area contributed by atoms with Crippen LogP contribution in [-0.2, 0) is 5.41 Å². The van der Waals surface area contributed by atoms with Crippen LogP contribution in [0.1, 0.15) is 22.3 Å². The first-order chi connectivity index (χ1) is 30.7. The van der Waals surface area contributed by atoms with Gasteiger partial charge in [0.05, 0.1) is 5.41 Å². The smallest absolute Gasteiger partial charge is 0.164 e. The number of hydrogen-bond acceptors (Lipinski definition) is 4. The van der Waals surface area contributed by atoms with Gasteiger partial charge in [-0.1, -0.05) is 194 Å². The molecule has 2 aliphatic rings. The van der Waals surface area contributed by atoms with Crippen LogP contribution < -0.4 is 0 Å². The monoisotopic (exact) mass is 789 g/mol. The topological polar surface area (TPSA) is 51.8 Å². The Bertz CT molecular complexity index is 3500. The number of fused-ring (bicyclic) bond motifs is 13. The summed E-state index contributed by atoms with van der Waals surface area (Å²) in [6.45, 7) is 0. The number of aromatic nitrogens is 3. The summed E-state index contributed by atoms with van der Waals surface area (Å²) >= 11 is 0. The molecule has 0 aliphatic heterocycles. The van der Waals surface area contributed by atoms with Crippen LogP contribution in [0, 0.1) is 0 Å². The Labute approximate surface area is 358 Å². The van der Waals surface area contributed by atoms with E-state index in [0.717, 1.165) is 49.8 Å². The van der Waals surface area contributed by atoms with Gasteiger partial charge in [-0.3, -0.25) is 0 Å². The van der Waals surface area contributed by atoms with Crippen LogP contribution in [0.4, 0.5) is 0 Å². The molecule has 2 heterocycles. The number of hydrogen-bond donors (Lipinski definition) is 0. The Morgan fingerprint density at radius 3 is 1.37 bits per heavy atom. The van der Waals surface area contributed by atoms with Crippen LogP contribution in [0.2, 0.25) is 0 Å². The number of rotatable bonds is 5. The maximum atomic E-state index is 6.24. The van der Waals surface area contributed by atoms with Crippen LogP contribution in [0.3, 0.4) is 0 Å². The van der Waals surface area contributed by atoms with Gasteiger partial charge in [-0.05, 0) is 85.0 Å². The Kier molecular flexibility index (Phi) is 7.49. The minimum atomic E-state index is -0.403. The molecule has 4 heteroatoms. The maximum Gasteiger partial charge on any atom is 0.164 e. The summed E-state index contributed by atoms with van der Waals surface area (Å²) in [6.07, 6.45) is 0. The number of furan rings is 1. The largest absolute Gasteiger partial charge is 0.456 e. The maximum absolute atomic E-state index is 6.24. The second-order valence-corrected chi connectivity index (χ2v) is 16.3. The zero-order chi connectivity index (χ0) is 40.8. The lowest BCUT2D eigenvalue weighted by atomic mass is 9.68. The Morgan fingerprint density at radius 2 is 0.726 bits per heavy atom. The van der Waals surface area contributed by atoms with E-state index in [1.165, 1.54) is 55.6 Å². The fourth-order valence-electron chi connectivity index (χ4n) is 10.3. The second kappa shape index (κ2) is 13.4. The molecule has 4 nitrogen and oxygen atoms in total. The van der Waals surface area contributed by atoms with Gasteiger partial charge in [-0.2, -0.15) is 0 Å². The second-order valence-electron chi connectivity index (χ2n) is 16.3. The molecule has 0 atom stereocenters. The third-order valence-corrected chi connectivity index (χ3v) is 13.0. The molecule has 0 unspecified atom stereocenters. The van der Waals surface area contributed by atoms with Crippen molar-refractivity contribution < 1.29 is 4.42 Å². The minimum absolute atomic E-state index is 0.403. The molecule has 2 aromatic heterocycles. The van der Waals surface area contributed by atoms with E-state index in [1.54, 1.807) is 0 Å². The molecular formula is C58H35N3O. The van der Waals surface area contributed by atoms with Crippen LogP contribution in [-0.4, -0.2) is 15.0 Å². The summed E-state index contributed by atoms with van der Waals surface area (Å²) in [7, 11) is 0. The van der Waals surface area contributed by atoms with E-state index in [4.69, 9.17) is 19.4 Å². The highest BCUT2D eigenvalue weighted by molar-refractivity contribution is 6.06. The van der Waals surface area contributed by atoms with Crippen LogP contribution in [0.25, 0.3) is 101 Å². The lowest BCUT2D eigenvalue weighted by molar-refractivity contribution is 0.669. The summed E-state index contributed by atoms with van der Waals surface area (Å²) < 4.78 is 6.24. The van der Waals surface area contributed by atoms with Gasteiger partial charge in [-0.15, -0.1) is 0 Å². The number of benzene rings is 9. The molecule has 0 amide bonds. The molecule has 11 aromatic rings. The average molecular weight is 790 g/mol. The molecule has 9 aromatic carbocycles. The number of nitrogens with zero attached hydrogens (tertiary/aromatic N) is 3. The normalized spacial score (nSPS) is 13.0. The Balaban J connectivity index is 0.876. The fraction of sp³-hybridized carbons (Fsp3) is 0.0172. The highest BCUT2D eigenvalue weighted by Gasteiger charge is 2.52. The summed E-state index contributed by atoms with van der Waals surface area (Å²) in [5, 5.41) is 2.16. The van der Waals surface area contributed by atoms with Gasteiger partial charge in [0.15, 0.2) is 17.5 Å². The number of para-hydroxylation sites is 1. The highest BCUT2D eigenvalue weighted by atomic mass is 16.3. The molecule has 0 bridgehead atoms. The first-order valence-electron chi connectivity index (χ1n) is 21.1. The Morgan fingerprint density at radius 1 is 0.290 bits per heavy atom. The van der Waals surface area contributed by atoms with E-state index in [0.29, 0.717) is 17.5 Å². The molecule has 1 spiro atoms. The standard InChI is InChI=1S/C58H35N3O/c1-2-13-39(14-3-1)55-59-56(61-57(60-55)41-33-34-47-46-18-7-11-24-52(46)62-53(47)35-41)40-31-27-37(28-32-40)36-25-29-38(30-26-36)42-19-12-20-48-45-17-6-10-23-51(45)58(54(42)48)49-21-8-4-15-43(49)44-16-5-9-22-50(44)58/h1-35H. The summed E-state index contributed by atoms with van der Waals surface area (Å²) in [5.41, 5.74) is 19.3. The first kappa shape index (κ1) is 34.6. The van der Waals surface area contributed by atoms with E-state index in [-0.39, 0.29) is 0 Å². The third kappa shape index (κ3) is 5.04. The Hall–Kier alpha value is -8.21. The summed E-state index contributed by atoms with van der Waals surface area (Å²) in [6, 6.07) is 75.8. The third-order valence-electron chi connectivity index (χ3n) is 13.0. The SMILES string of the molecule is c1ccc(-c2nc(-c3ccc(-c4ccc(-c5cccc6c5C5(c7ccccc7-c7ccccc75)c5ccccc5-6)cc4)cc3)nc(-c3ccc4c(c3)oc3ccccc34)n2)cc1. The van der Waals surface area contributed by atoms with Crippen LogP contribution >= 0.6 is 0 Å². The minimum Gasteiger partial charge on any atom is -0.456 e. The van der Waals surface area contributed by atoms with Crippen molar-refractivity contribution in [1.29, 1.82) is 0 Å². The molecule has 0 N–H and O–H groups in total. The molecule has 0 radical (unpaired) electrons. The van der Waals surface area contributed by atoms with Gasteiger partial charge >= 0.3 is 0 Å². The van der Waals surface area contributed by atoms with Crippen molar-refractivity contribution >= 4 is 21.9 Å². The van der Waals surface area contributed by atoms with Gasteiger partial charge in [0.25, 0.3) is 0 Å². The summed E-state index contributed by atoms with van der Waals surface area (Å²) in [4.78, 5) is 15.0. The van der Waals surface area contributed by atoms with E-state index in [1.807, 2.05) is 54.6 Å². The quantitative estimate of drug-likeness (QED) is 0.174. The van der Waals surface area contributed by atoms with Gasteiger partial charge in [-0.25, -0.2) is 15.0 Å². The predicted octanol–water partition coefficient (Wildman–Crippen LogP) is 14.4. The van der Waals surface area contributed by atoms with Crippen LogP contribution in [0.15, 0.2) is 217 Å². The van der Waals surface area contributed by atoms with Crippen molar-refractivity contribution in [3.05, 3.63) is 235 Å². The lowest BCUT2D eigenvalue weighted by Gasteiger charge is -2.32. The van der Waals surface area contributed by atoms with Crippen LogP contribution in [0.5, 0.6) is 0 Å². The average Bonchev–Trinajstić information content (AvgIpc) is 3.98. The van der Waals surface area contributed by atoms with Gasteiger partial charge in [0, 0.05) is 27.5 Å². The van der Waals surface area contributed by atoms with E-state index < -0.39 is 5.41 Å². The van der Waals surface area contributed by atoms with Crippen molar-refractivity contribution in [2.75, 3.05) is 0 Å². The lowest BCUT2D eigenvalue weighted by Crippen LogP contribution is -2.26. The van der Waals surface area contributed by atoms with Gasteiger partial charge in [0.2, 0.25) is 0 Å². The molecule has 13 rings (SSSR count). The summed E-state index contributed by atoms with van der Waals surface area (Å²) in [5.74, 6) is 1.83. The van der Waals surface area contributed by atoms with Crippen molar-refractivity contribution in [3.63, 3.8) is 0 Å². The molecule has 62 heavy (non-hydrogen) atoms. The molecular weight excluding hydrogens is 755 g/mol. The van der Waals surface area contributed by atoms with Crippen molar-refractivity contribution in [1.82, 2.24) is 15.0 Å². The van der Waals surface area contributed by atoms with E-state index in [2.05, 4.69) is 158 Å². The molecule has 2 aliphatic carbocycles. The van der Waals surface area contributed by atoms with Gasteiger partial charge in [0.1, 0.15) is 11.2 Å². The fourth-order valence-corrected chi connectivity index (χ4v) is 10.3. The molecule has 288 valence electrons. The highest BCUT2D eigenvalue weighted by Crippen LogP contribution is 2.64. The molecule has 0 saturated carbocycles. The van der Waals surface area contributed by atoms with Crippen molar-refractivity contribution in [2.24, 2.45) is 0 Å². The molecule has 0 saturated heterocycles. The van der Waals surface area contributed by atoms with E-state index >= 15 is 0 Å². The predicted molar refractivity (Wildman–Crippen MR) is 251 cm³/mol. The zero-order valence-electron chi connectivity index (χ0n) is 33.5. The van der Waals surface area contributed by atoms with Gasteiger partial charge < -0.3 is 4.42 Å². The van der Waals surface area contributed by atoms with Crippen molar-refractivity contribution in [3.8, 4) is 78.7 Å².